The van der Waals surface area contributed by atoms with Gasteiger partial charge < -0.3 is 9.64 Å². The first kappa shape index (κ1) is 15.5. The maximum atomic E-state index is 12.6. The topological polar surface area (TPSA) is 42.4 Å². The predicted octanol–water partition coefficient (Wildman–Crippen LogP) is 3.70. The van der Waals surface area contributed by atoms with E-state index in [0.717, 1.165) is 24.0 Å². The largest absolute Gasteiger partial charge is 0.493 e. The molecule has 0 N–H and O–H groups in total. The molecule has 0 saturated heterocycles. The van der Waals surface area contributed by atoms with Gasteiger partial charge in [-0.05, 0) is 62.1 Å². The van der Waals surface area contributed by atoms with Gasteiger partial charge in [0.2, 0.25) is 0 Å². The Labute approximate surface area is 137 Å². The molecular weight excluding hydrogens is 288 g/mol. The minimum atomic E-state index is -0.0745. The van der Waals surface area contributed by atoms with E-state index in [2.05, 4.69) is 4.98 Å². The Morgan fingerprint density at radius 2 is 2.00 bits per heavy atom. The van der Waals surface area contributed by atoms with Crippen LogP contribution < -0.4 is 4.74 Å². The van der Waals surface area contributed by atoms with Crippen molar-refractivity contribution in [2.45, 2.75) is 25.8 Å². The van der Waals surface area contributed by atoms with Crippen LogP contribution in [0.3, 0.4) is 0 Å². The fraction of sp³-hybridized carbons (Fsp3) is 0.368. The Balaban J connectivity index is 1.64. The lowest BCUT2D eigenvalue weighted by molar-refractivity contribution is 0.0739. The molecule has 2 aromatic rings. The summed E-state index contributed by atoms with van der Waals surface area (Å²) in [6.45, 7) is 2.76. The van der Waals surface area contributed by atoms with Crippen molar-refractivity contribution >= 4 is 5.91 Å². The molecule has 1 aliphatic carbocycles. The van der Waals surface area contributed by atoms with E-state index in [4.69, 9.17) is 4.74 Å². The van der Waals surface area contributed by atoms with Crippen LogP contribution in [0, 0.1) is 5.92 Å². The number of amides is 1. The summed E-state index contributed by atoms with van der Waals surface area (Å²) < 4.78 is 5.71. The fourth-order valence-corrected chi connectivity index (χ4v) is 2.39. The minimum Gasteiger partial charge on any atom is -0.493 e. The zero-order valence-electron chi connectivity index (χ0n) is 13.6. The Morgan fingerprint density at radius 1 is 1.26 bits per heavy atom. The molecular formula is C19H22N2O2. The Morgan fingerprint density at radius 3 is 2.61 bits per heavy atom. The van der Waals surface area contributed by atoms with E-state index >= 15 is 0 Å². The molecule has 0 aliphatic heterocycles. The van der Waals surface area contributed by atoms with Crippen LogP contribution in [-0.2, 0) is 0 Å². The van der Waals surface area contributed by atoms with Crippen molar-refractivity contribution in [2.24, 2.45) is 5.92 Å². The van der Waals surface area contributed by atoms with Crippen LogP contribution in [0.1, 0.15) is 41.9 Å². The number of nitrogens with zero attached hydrogens (tertiary/aromatic N) is 2. The van der Waals surface area contributed by atoms with Crippen LogP contribution in [0.4, 0.5) is 0 Å². The van der Waals surface area contributed by atoms with Gasteiger partial charge in [0.05, 0.1) is 18.3 Å². The molecule has 1 aromatic heterocycles. The van der Waals surface area contributed by atoms with Gasteiger partial charge in [0.1, 0.15) is 5.75 Å². The summed E-state index contributed by atoms with van der Waals surface area (Å²) in [7, 11) is 1.80. The molecule has 1 saturated carbocycles. The number of pyridine rings is 1. The van der Waals surface area contributed by atoms with Gasteiger partial charge in [0.25, 0.3) is 5.91 Å². The molecule has 0 radical (unpaired) electrons. The Hall–Kier alpha value is -2.36. The van der Waals surface area contributed by atoms with Crippen LogP contribution in [0.5, 0.6) is 5.75 Å². The highest BCUT2D eigenvalue weighted by molar-refractivity contribution is 5.94. The second-order valence-electron chi connectivity index (χ2n) is 6.13. The van der Waals surface area contributed by atoms with E-state index in [1.54, 1.807) is 18.1 Å². The van der Waals surface area contributed by atoms with Crippen LogP contribution in [0.15, 0.2) is 48.7 Å². The second kappa shape index (κ2) is 6.82. The van der Waals surface area contributed by atoms with Crippen molar-refractivity contribution in [2.75, 3.05) is 13.7 Å². The summed E-state index contributed by atoms with van der Waals surface area (Å²) in [5, 5.41) is 0. The molecule has 4 nitrogen and oxygen atoms in total. The molecule has 1 aliphatic rings. The monoisotopic (exact) mass is 310 g/mol. The Kier molecular flexibility index (Phi) is 4.60. The summed E-state index contributed by atoms with van der Waals surface area (Å²) in [6, 6.07) is 13.1. The number of ether oxygens (including phenoxy) is 1. The van der Waals surface area contributed by atoms with Crippen LogP contribution in [0.2, 0.25) is 0 Å². The van der Waals surface area contributed by atoms with E-state index in [9.17, 15) is 4.79 Å². The van der Waals surface area contributed by atoms with Crippen molar-refractivity contribution < 1.29 is 9.53 Å². The number of rotatable bonds is 6. The van der Waals surface area contributed by atoms with Crippen LogP contribution in [0.25, 0.3) is 0 Å². The Bertz CT molecular complexity index is 651. The first-order valence-corrected chi connectivity index (χ1v) is 8.06. The van der Waals surface area contributed by atoms with Crippen molar-refractivity contribution in [3.05, 3.63) is 59.9 Å². The molecule has 4 heteroatoms. The molecule has 1 aromatic carbocycles. The first-order valence-electron chi connectivity index (χ1n) is 8.06. The summed E-state index contributed by atoms with van der Waals surface area (Å²) >= 11 is 0. The van der Waals surface area contributed by atoms with E-state index in [1.807, 2.05) is 49.4 Å². The van der Waals surface area contributed by atoms with Crippen LogP contribution in [-0.4, -0.2) is 29.4 Å². The average molecular weight is 310 g/mol. The van der Waals surface area contributed by atoms with E-state index in [0.29, 0.717) is 5.56 Å². The highest BCUT2D eigenvalue weighted by Crippen LogP contribution is 2.29. The lowest BCUT2D eigenvalue weighted by Crippen LogP contribution is -2.30. The number of carbonyl (C=O) groups is 1. The first-order chi connectivity index (χ1) is 11.1. The van der Waals surface area contributed by atoms with Gasteiger partial charge >= 0.3 is 0 Å². The zero-order chi connectivity index (χ0) is 16.2. The molecule has 120 valence electrons. The zero-order valence-corrected chi connectivity index (χ0v) is 13.6. The van der Waals surface area contributed by atoms with Crippen LogP contribution >= 0.6 is 0 Å². The molecule has 0 spiro atoms. The summed E-state index contributed by atoms with van der Waals surface area (Å²) in [4.78, 5) is 18.6. The minimum absolute atomic E-state index is 0.0168. The predicted molar refractivity (Wildman–Crippen MR) is 89.4 cm³/mol. The molecule has 3 rings (SSSR count). The molecule has 1 amide bonds. The third kappa shape index (κ3) is 3.89. The quantitative estimate of drug-likeness (QED) is 0.817. The number of benzene rings is 1. The van der Waals surface area contributed by atoms with E-state index in [1.165, 1.54) is 12.8 Å². The van der Waals surface area contributed by atoms with Gasteiger partial charge in [-0.2, -0.15) is 0 Å². The maximum Gasteiger partial charge on any atom is 0.254 e. The van der Waals surface area contributed by atoms with Crippen molar-refractivity contribution in [1.29, 1.82) is 0 Å². The molecule has 0 bridgehead atoms. The number of hydrogen-bond acceptors (Lipinski definition) is 3. The molecule has 1 heterocycles. The SMILES string of the molecule is CC(c1ccccn1)N(C)C(=O)c1ccc(OCC2CC2)cc1. The normalized spacial score (nSPS) is 15.0. The third-order valence-corrected chi connectivity index (χ3v) is 4.30. The van der Waals surface area contributed by atoms with Gasteiger partial charge in [-0.3, -0.25) is 9.78 Å². The standard InChI is InChI=1S/C19H22N2O2/c1-14(18-5-3-4-12-20-18)21(2)19(22)16-8-10-17(11-9-16)23-13-15-6-7-15/h3-5,8-12,14-15H,6-7,13H2,1-2H3. The number of aromatic nitrogens is 1. The van der Waals surface area contributed by atoms with Gasteiger partial charge in [0.15, 0.2) is 0 Å². The van der Waals surface area contributed by atoms with E-state index < -0.39 is 0 Å². The average Bonchev–Trinajstić information content (AvgIpc) is 3.43. The van der Waals surface area contributed by atoms with Crippen molar-refractivity contribution in [3.8, 4) is 5.75 Å². The second-order valence-corrected chi connectivity index (χ2v) is 6.13. The maximum absolute atomic E-state index is 12.6. The lowest BCUT2D eigenvalue weighted by atomic mass is 10.1. The van der Waals surface area contributed by atoms with Gasteiger partial charge in [-0.1, -0.05) is 6.07 Å². The molecule has 1 atom stereocenters. The highest BCUT2D eigenvalue weighted by Gasteiger charge is 2.22. The summed E-state index contributed by atoms with van der Waals surface area (Å²) in [5.74, 6) is 1.53. The van der Waals surface area contributed by atoms with Crippen molar-refractivity contribution in [3.63, 3.8) is 0 Å². The van der Waals surface area contributed by atoms with E-state index in [-0.39, 0.29) is 11.9 Å². The van der Waals surface area contributed by atoms with Gasteiger partial charge in [-0.25, -0.2) is 0 Å². The number of hydrogen-bond donors (Lipinski definition) is 0. The summed E-state index contributed by atoms with van der Waals surface area (Å²) in [6.07, 6.45) is 4.29. The smallest absolute Gasteiger partial charge is 0.254 e. The highest BCUT2D eigenvalue weighted by atomic mass is 16.5. The fourth-order valence-electron chi connectivity index (χ4n) is 2.39. The lowest BCUT2D eigenvalue weighted by Gasteiger charge is -2.24. The summed E-state index contributed by atoms with van der Waals surface area (Å²) in [5.41, 5.74) is 1.54. The number of carbonyl (C=O) groups excluding carboxylic acids is 1. The van der Waals surface area contributed by atoms with Gasteiger partial charge in [0, 0.05) is 18.8 Å². The molecule has 23 heavy (non-hydrogen) atoms. The third-order valence-electron chi connectivity index (χ3n) is 4.30. The van der Waals surface area contributed by atoms with Gasteiger partial charge in [-0.15, -0.1) is 0 Å². The van der Waals surface area contributed by atoms with Crippen molar-refractivity contribution in [1.82, 2.24) is 9.88 Å². The molecule has 1 unspecified atom stereocenters. The molecule has 1 fully saturated rings.